The summed E-state index contributed by atoms with van der Waals surface area (Å²) in [5, 5.41) is 0. The maximum atomic E-state index is 10.5. The summed E-state index contributed by atoms with van der Waals surface area (Å²) >= 11 is -3.87. The molecule has 0 aromatic carbocycles. The zero-order valence-electron chi connectivity index (χ0n) is 2.29. The molecule has 0 aliphatic heterocycles. The van der Waals surface area contributed by atoms with Crippen LogP contribution in [-0.2, 0) is 0 Å². The fourth-order valence-corrected chi connectivity index (χ4v) is 0. The van der Waals surface area contributed by atoms with E-state index in [1.807, 2.05) is 0 Å². The van der Waals surface area contributed by atoms with E-state index < -0.39 is 21.1 Å². The van der Waals surface area contributed by atoms with Gasteiger partial charge in [-0.15, -0.1) is 0 Å². The van der Waals surface area contributed by atoms with Crippen LogP contribution in [0.4, 0.5) is 11.3 Å². The average molecular weight is 146 g/mol. The van der Waals surface area contributed by atoms with E-state index in [2.05, 4.69) is 0 Å². The van der Waals surface area contributed by atoms with Crippen molar-refractivity contribution in [3.8, 4) is 0 Å². The third kappa shape index (κ3) is 4.35. The normalized spacial score (nSPS) is 9.60. The summed E-state index contributed by atoms with van der Waals surface area (Å²) in [6, 6.07) is 0. The minimum absolute atomic E-state index is 1.38. The summed E-state index contributed by atoms with van der Waals surface area (Å²) in [7, 11) is 0. The number of hydrogen-bond donors (Lipinski definition) is 0. The van der Waals surface area contributed by atoms with E-state index in [0.29, 0.717) is 0 Å². The Hall–Kier alpha value is 0.348. The first-order valence-corrected chi connectivity index (χ1v) is 3.67. The molecule has 4 heteroatoms. The molecule has 0 aliphatic rings. The number of halogens is 3. The third-order valence-corrected chi connectivity index (χ3v) is 0.469. The van der Waals surface area contributed by atoms with Crippen molar-refractivity contribution < 1.29 is 11.3 Å². The second kappa shape index (κ2) is 2.58. The van der Waals surface area contributed by atoms with Crippen molar-refractivity contribution in [1.29, 1.82) is 0 Å². The second-order valence-corrected chi connectivity index (χ2v) is 2.20. The molecule has 0 N–H and O–H groups in total. The molecule has 5 heavy (non-hydrogen) atoms. The van der Waals surface area contributed by atoms with Crippen LogP contribution >= 0.6 is 0 Å². The van der Waals surface area contributed by atoms with E-state index in [4.69, 9.17) is 0 Å². The van der Waals surface area contributed by atoms with E-state index in [0.717, 1.165) is 0 Å². The molecule has 0 nitrogen and oxygen atoms in total. The van der Waals surface area contributed by atoms with Gasteiger partial charge >= 0.3 is 32.4 Å². The number of hydrogen-bond acceptors (Lipinski definition) is 0. The fraction of sp³-hybridized carbons (Fsp3) is 1.00. The Bertz CT molecular complexity index is 20.9. The summed E-state index contributed by atoms with van der Waals surface area (Å²) in [5.74, 6) is 0. The Labute approximate surface area is 33.2 Å². The molecule has 0 saturated heterocycles. The number of alkyl halides is 1. The van der Waals surface area contributed by atoms with Crippen molar-refractivity contribution >= 4 is 15.6 Å². The number of rotatable bonds is 1. The zero-order valence-corrected chi connectivity index (χ0v) is 4.16. The van der Waals surface area contributed by atoms with Gasteiger partial charge in [0.1, 0.15) is 0 Å². The Morgan fingerprint density at radius 2 is 1.60 bits per heavy atom. The maximum absolute atomic E-state index is 10.5. The van der Waals surface area contributed by atoms with Gasteiger partial charge in [-0.1, -0.05) is 0 Å². The average Bonchev–Trinajstić information content (AvgIpc) is 1.38. The van der Waals surface area contributed by atoms with Gasteiger partial charge in [0, 0.05) is 0 Å². The van der Waals surface area contributed by atoms with E-state index in [9.17, 15) is 11.3 Å². The third-order valence-electron chi connectivity index (χ3n) is 0.0904. The Balaban J connectivity index is 2.54. The summed E-state index contributed by atoms with van der Waals surface area (Å²) in [4.78, 5) is 0. The molecule has 0 spiro atoms. The van der Waals surface area contributed by atoms with Crippen molar-refractivity contribution in [3.05, 3.63) is 0 Å². The standard InChI is InChI=1S/CH2AsF3/c3-1-2(4)5/h1H2. The molecule has 0 heterocycles. The van der Waals surface area contributed by atoms with E-state index in [1.165, 1.54) is 0 Å². The molecular formula is CH2AsF3. The Kier molecular flexibility index (Phi) is 2.76. The van der Waals surface area contributed by atoms with Crippen LogP contribution in [0.2, 0.25) is 0 Å². The van der Waals surface area contributed by atoms with Gasteiger partial charge in [-0.2, -0.15) is 0 Å². The van der Waals surface area contributed by atoms with E-state index >= 15 is 0 Å². The van der Waals surface area contributed by atoms with Gasteiger partial charge < -0.3 is 0 Å². The van der Waals surface area contributed by atoms with Crippen LogP contribution < -0.4 is 0 Å². The molecule has 0 fully saturated rings. The van der Waals surface area contributed by atoms with Crippen LogP contribution in [0.5, 0.6) is 0 Å². The molecule has 0 bridgehead atoms. The van der Waals surface area contributed by atoms with Crippen LogP contribution in [0, 0.1) is 0 Å². The molecule has 0 saturated carbocycles. The molecule has 32 valence electrons. The van der Waals surface area contributed by atoms with Crippen LogP contribution in [0.25, 0.3) is 0 Å². The topological polar surface area (TPSA) is 0 Å². The van der Waals surface area contributed by atoms with Crippen LogP contribution in [0.1, 0.15) is 0 Å². The Morgan fingerprint density at radius 3 is 1.60 bits per heavy atom. The molecule has 0 amide bonds. The van der Waals surface area contributed by atoms with Crippen molar-refractivity contribution in [2.24, 2.45) is 0 Å². The van der Waals surface area contributed by atoms with Crippen LogP contribution in [0.3, 0.4) is 0 Å². The molecule has 0 aromatic heterocycles. The van der Waals surface area contributed by atoms with Crippen LogP contribution in [0.15, 0.2) is 0 Å². The molecule has 0 radical (unpaired) electrons. The van der Waals surface area contributed by atoms with Gasteiger partial charge in [0.25, 0.3) is 0 Å². The second-order valence-electron chi connectivity index (χ2n) is 0.422. The van der Waals surface area contributed by atoms with Gasteiger partial charge in [-0.3, -0.25) is 0 Å². The molecule has 0 unspecified atom stereocenters. The SMILES string of the molecule is FC[As](F)F. The van der Waals surface area contributed by atoms with Crippen LogP contribution in [-0.4, -0.2) is 21.1 Å². The Morgan fingerprint density at radius 1 is 1.40 bits per heavy atom. The minimum atomic E-state index is -3.87. The molecular weight excluding hydrogens is 144 g/mol. The zero-order chi connectivity index (χ0) is 4.28. The summed E-state index contributed by atoms with van der Waals surface area (Å²) in [6.45, 7) is 0. The van der Waals surface area contributed by atoms with Gasteiger partial charge in [-0.05, 0) is 0 Å². The molecule has 0 atom stereocenters. The molecule has 0 aromatic rings. The van der Waals surface area contributed by atoms with Crippen molar-refractivity contribution in [2.45, 2.75) is 0 Å². The molecule has 0 aliphatic carbocycles. The fourth-order valence-electron chi connectivity index (χ4n) is 0. The van der Waals surface area contributed by atoms with E-state index in [1.54, 1.807) is 0 Å². The van der Waals surface area contributed by atoms with Gasteiger partial charge in [0.05, 0.1) is 0 Å². The van der Waals surface area contributed by atoms with Crippen molar-refractivity contribution in [2.75, 3.05) is 5.46 Å². The first kappa shape index (κ1) is 5.35. The summed E-state index contributed by atoms with van der Waals surface area (Å²) < 4.78 is 31.5. The monoisotopic (exact) mass is 146 g/mol. The van der Waals surface area contributed by atoms with E-state index in [-0.39, 0.29) is 0 Å². The summed E-state index contributed by atoms with van der Waals surface area (Å²) in [6.07, 6.45) is 0. The predicted octanol–water partition coefficient (Wildman–Crippen LogP) is 0.922. The van der Waals surface area contributed by atoms with Crippen molar-refractivity contribution in [3.63, 3.8) is 0 Å². The quantitative estimate of drug-likeness (QED) is 0.482. The van der Waals surface area contributed by atoms with Crippen molar-refractivity contribution in [1.82, 2.24) is 0 Å². The summed E-state index contributed by atoms with van der Waals surface area (Å²) in [5.41, 5.74) is -1.38. The molecule has 0 rings (SSSR count). The first-order valence-electron chi connectivity index (χ1n) is 0.922. The van der Waals surface area contributed by atoms with Gasteiger partial charge in [0.15, 0.2) is 0 Å². The first-order chi connectivity index (χ1) is 2.27. The van der Waals surface area contributed by atoms with Gasteiger partial charge in [0.2, 0.25) is 0 Å². The van der Waals surface area contributed by atoms with Gasteiger partial charge in [-0.25, -0.2) is 0 Å². The predicted molar refractivity (Wildman–Crippen MR) is 13.9 cm³/mol.